The molecule has 1 saturated carbocycles. The molecule has 0 aromatic rings. The molecular weight excluding hydrogens is 160 g/mol. The number of hydrogen-bond donors (Lipinski definition) is 2. The molecule has 0 heterocycles. The minimum Gasteiger partial charge on any atom is -0.330 e. The highest BCUT2D eigenvalue weighted by atomic mass is 14.9. The van der Waals surface area contributed by atoms with Gasteiger partial charge in [0.25, 0.3) is 0 Å². The Hall–Kier alpha value is -0.0800. The average molecular weight is 184 g/mol. The van der Waals surface area contributed by atoms with Crippen molar-refractivity contribution < 1.29 is 0 Å². The lowest BCUT2D eigenvalue weighted by molar-refractivity contribution is 0.354. The van der Waals surface area contributed by atoms with E-state index in [1.807, 2.05) is 0 Å². The lowest BCUT2D eigenvalue weighted by Crippen LogP contribution is -2.31. The molecule has 1 aliphatic carbocycles. The first-order valence-electron chi connectivity index (χ1n) is 5.38. The van der Waals surface area contributed by atoms with Crippen molar-refractivity contribution in [1.82, 2.24) is 5.32 Å². The number of hydrogen-bond acceptors (Lipinski definition) is 2. The fourth-order valence-electron chi connectivity index (χ4n) is 1.45. The van der Waals surface area contributed by atoms with E-state index in [4.69, 9.17) is 5.73 Å². The Kier molecular flexibility index (Phi) is 3.36. The van der Waals surface area contributed by atoms with E-state index in [0.29, 0.717) is 10.8 Å². The molecule has 0 spiro atoms. The first kappa shape index (κ1) is 11.0. The van der Waals surface area contributed by atoms with Gasteiger partial charge in [-0.1, -0.05) is 20.8 Å². The third kappa shape index (κ3) is 4.10. The molecule has 1 rings (SSSR count). The topological polar surface area (TPSA) is 38.0 Å². The quantitative estimate of drug-likeness (QED) is 0.639. The lowest BCUT2D eigenvalue weighted by atomic mass is 9.92. The highest BCUT2D eigenvalue weighted by molar-refractivity contribution is 4.95. The second kappa shape index (κ2) is 3.97. The Morgan fingerprint density at radius 2 is 1.92 bits per heavy atom. The van der Waals surface area contributed by atoms with Gasteiger partial charge in [0.1, 0.15) is 0 Å². The van der Waals surface area contributed by atoms with Gasteiger partial charge >= 0.3 is 0 Å². The fraction of sp³-hybridized carbons (Fsp3) is 1.00. The molecular formula is C11H24N2. The Bertz CT molecular complexity index is 154. The zero-order valence-corrected chi connectivity index (χ0v) is 9.32. The van der Waals surface area contributed by atoms with Gasteiger partial charge in [0, 0.05) is 6.54 Å². The molecule has 0 aliphatic heterocycles. The van der Waals surface area contributed by atoms with Crippen molar-refractivity contribution in [1.29, 1.82) is 0 Å². The first-order chi connectivity index (χ1) is 5.97. The summed E-state index contributed by atoms with van der Waals surface area (Å²) in [5, 5.41) is 3.52. The number of nitrogens with two attached hydrogens (primary N) is 1. The minimum atomic E-state index is 0.451. The van der Waals surface area contributed by atoms with Crippen LogP contribution in [0.2, 0.25) is 0 Å². The highest BCUT2D eigenvalue weighted by Crippen LogP contribution is 2.43. The van der Waals surface area contributed by atoms with E-state index in [-0.39, 0.29) is 0 Å². The van der Waals surface area contributed by atoms with E-state index in [1.165, 1.54) is 19.3 Å². The molecule has 1 aliphatic rings. The molecule has 0 saturated heterocycles. The van der Waals surface area contributed by atoms with Gasteiger partial charge in [0.05, 0.1) is 0 Å². The summed E-state index contributed by atoms with van der Waals surface area (Å²) in [5.41, 5.74) is 6.63. The third-order valence-electron chi connectivity index (χ3n) is 2.94. The summed E-state index contributed by atoms with van der Waals surface area (Å²) in [4.78, 5) is 0. The molecule has 3 N–H and O–H groups in total. The van der Waals surface area contributed by atoms with E-state index >= 15 is 0 Å². The van der Waals surface area contributed by atoms with Gasteiger partial charge in [-0.2, -0.15) is 0 Å². The maximum Gasteiger partial charge on any atom is 0.00199 e. The van der Waals surface area contributed by atoms with Crippen LogP contribution in [0, 0.1) is 10.8 Å². The Morgan fingerprint density at radius 1 is 1.31 bits per heavy atom. The SMILES string of the molecule is CC(C)(C)CCNCC1(CN)CC1. The molecule has 0 bridgehead atoms. The smallest absolute Gasteiger partial charge is 0.00199 e. The summed E-state index contributed by atoms with van der Waals surface area (Å²) in [6.45, 7) is 9.96. The molecule has 0 unspecified atom stereocenters. The van der Waals surface area contributed by atoms with Crippen LogP contribution in [0.25, 0.3) is 0 Å². The van der Waals surface area contributed by atoms with Crippen LogP contribution in [0.1, 0.15) is 40.0 Å². The normalized spacial score (nSPS) is 20.3. The molecule has 0 atom stereocenters. The zero-order chi connectivity index (χ0) is 9.95. The Labute approximate surface area is 82.3 Å². The highest BCUT2D eigenvalue weighted by Gasteiger charge is 2.40. The second-order valence-electron chi connectivity index (χ2n) is 5.69. The fourth-order valence-corrected chi connectivity index (χ4v) is 1.45. The molecule has 78 valence electrons. The van der Waals surface area contributed by atoms with E-state index in [0.717, 1.165) is 19.6 Å². The summed E-state index contributed by atoms with van der Waals surface area (Å²) >= 11 is 0. The summed E-state index contributed by atoms with van der Waals surface area (Å²) in [6.07, 6.45) is 3.89. The summed E-state index contributed by atoms with van der Waals surface area (Å²) in [7, 11) is 0. The molecule has 0 radical (unpaired) electrons. The van der Waals surface area contributed by atoms with Crippen LogP contribution >= 0.6 is 0 Å². The average Bonchev–Trinajstić information content (AvgIpc) is 2.78. The van der Waals surface area contributed by atoms with Gasteiger partial charge in [0.15, 0.2) is 0 Å². The van der Waals surface area contributed by atoms with Gasteiger partial charge in [-0.25, -0.2) is 0 Å². The number of rotatable bonds is 5. The maximum absolute atomic E-state index is 5.70. The second-order valence-corrected chi connectivity index (χ2v) is 5.69. The number of nitrogens with one attached hydrogen (secondary N) is 1. The standard InChI is InChI=1S/C11H24N2/c1-10(2,3)6-7-13-9-11(8-12)4-5-11/h13H,4-9,12H2,1-3H3. The lowest BCUT2D eigenvalue weighted by Gasteiger charge is -2.19. The van der Waals surface area contributed by atoms with E-state index in [2.05, 4.69) is 26.1 Å². The van der Waals surface area contributed by atoms with Gasteiger partial charge in [-0.3, -0.25) is 0 Å². The van der Waals surface area contributed by atoms with Crippen molar-refractivity contribution in [3.8, 4) is 0 Å². The van der Waals surface area contributed by atoms with Crippen molar-refractivity contribution in [2.75, 3.05) is 19.6 Å². The Balaban J connectivity index is 2.02. The monoisotopic (exact) mass is 184 g/mol. The molecule has 1 fully saturated rings. The van der Waals surface area contributed by atoms with E-state index < -0.39 is 0 Å². The van der Waals surface area contributed by atoms with Gasteiger partial charge in [0.2, 0.25) is 0 Å². The van der Waals surface area contributed by atoms with E-state index in [9.17, 15) is 0 Å². The minimum absolute atomic E-state index is 0.451. The van der Waals surface area contributed by atoms with Gasteiger partial charge < -0.3 is 11.1 Å². The zero-order valence-electron chi connectivity index (χ0n) is 9.32. The molecule has 0 aromatic carbocycles. The van der Waals surface area contributed by atoms with E-state index in [1.54, 1.807) is 0 Å². The predicted molar refractivity (Wildman–Crippen MR) is 57.7 cm³/mol. The van der Waals surface area contributed by atoms with Crippen molar-refractivity contribution in [2.45, 2.75) is 40.0 Å². The molecule has 2 heteroatoms. The summed E-state index contributed by atoms with van der Waals surface area (Å²) < 4.78 is 0. The van der Waals surface area contributed by atoms with Crippen molar-refractivity contribution in [3.63, 3.8) is 0 Å². The molecule has 2 nitrogen and oxygen atoms in total. The summed E-state index contributed by atoms with van der Waals surface area (Å²) in [6, 6.07) is 0. The molecule has 0 amide bonds. The first-order valence-corrected chi connectivity index (χ1v) is 5.38. The molecule has 0 aromatic heterocycles. The van der Waals surface area contributed by atoms with Gasteiger partial charge in [-0.05, 0) is 43.2 Å². The van der Waals surface area contributed by atoms with Crippen LogP contribution in [0.15, 0.2) is 0 Å². The van der Waals surface area contributed by atoms with Crippen molar-refractivity contribution in [2.24, 2.45) is 16.6 Å². The largest absolute Gasteiger partial charge is 0.330 e. The Morgan fingerprint density at radius 3 is 2.31 bits per heavy atom. The van der Waals surface area contributed by atoms with Crippen LogP contribution in [0.4, 0.5) is 0 Å². The summed E-state index contributed by atoms with van der Waals surface area (Å²) in [5.74, 6) is 0. The van der Waals surface area contributed by atoms with Gasteiger partial charge in [-0.15, -0.1) is 0 Å². The van der Waals surface area contributed by atoms with Crippen LogP contribution < -0.4 is 11.1 Å². The van der Waals surface area contributed by atoms with Crippen LogP contribution in [-0.4, -0.2) is 19.6 Å². The third-order valence-corrected chi connectivity index (χ3v) is 2.94. The van der Waals surface area contributed by atoms with Crippen LogP contribution in [0.5, 0.6) is 0 Å². The van der Waals surface area contributed by atoms with Crippen molar-refractivity contribution >= 4 is 0 Å². The maximum atomic E-state index is 5.70. The van der Waals surface area contributed by atoms with Crippen LogP contribution in [0.3, 0.4) is 0 Å². The van der Waals surface area contributed by atoms with Crippen LogP contribution in [-0.2, 0) is 0 Å². The molecule has 13 heavy (non-hydrogen) atoms. The predicted octanol–water partition coefficient (Wildman–Crippen LogP) is 1.75. The van der Waals surface area contributed by atoms with Crippen molar-refractivity contribution in [3.05, 3.63) is 0 Å².